The van der Waals surface area contributed by atoms with Crippen LogP contribution in [0.4, 0.5) is 11.4 Å². The van der Waals surface area contributed by atoms with Crippen LogP contribution in [0.3, 0.4) is 0 Å². The van der Waals surface area contributed by atoms with Gasteiger partial charge in [-0.05, 0) is 12.1 Å². The van der Waals surface area contributed by atoms with Gasteiger partial charge < -0.3 is 9.80 Å². The number of Topliss-reactive ketones (excluding diaryl/α,β-unsaturated/α-hetero) is 2. The van der Waals surface area contributed by atoms with Gasteiger partial charge in [0.05, 0.1) is 26.4 Å². The summed E-state index contributed by atoms with van der Waals surface area (Å²) in [5.74, 6) is -1.13. The maximum Gasteiger partial charge on any atom is 0.295 e. The van der Waals surface area contributed by atoms with Gasteiger partial charge in [-0.1, -0.05) is 12.1 Å². The minimum atomic E-state index is -4.70. The highest BCUT2D eigenvalue weighted by Gasteiger charge is 2.45. The van der Waals surface area contributed by atoms with E-state index in [1.54, 1.807) is 9.80 Å². The molecule has 1 aliphatic carbocycles. The van der Waals surface area contributed by atoms with Gasteiger partial charge in [0.25, 0.3) is 11.4 Å². The second kappa shape index (κ2) is 6.93. The van der Waals surface area contributed by atoms with Crippen LogP contribution in [-0.2, 0) is 9.84 Å². The minimum absolute atomic E-state index is 0.0989. The Morgan fingerprint density at radius 1 is 0.788 bits per heavy atom. The zero-order valence-corrected chi connectivity index (χ0v) is 17.6. The number of rotatable bonds is 6. The van der Waals surface area contributed by atoms with Crippen LogP contribution in [0, 0.1) is 20.2 Å². The maximum atomic E-state index is 13.5. The van der Waals surface area contributed by atoms with Crippen molar-refractivity contribution in [1.82, 2.24) is 9.80 Å². The number of hydrogen-bond acceptors (Lipinski definition) is 10. The van der Waals surface area contributed by atoms with Crippen LogP contribution in [-0.4, -0.2) is 65.8 Å². The third-order valence-electron chi connectivity index (χ3n) is 5.61. The number of hydrogen-bond donors (Lipinski definition) is 0. The second-order valence-corrected chi connectivity index (χ2v) is 9.56. The summed E-state index contributed by atoms with van der Waals surface area (Å²) in [6, 6.07) is 5.89. The van der Waals surface area contributed by atoms with Gasteiger partial charge in [-0.15, -0.1) is 0 Å². The molecule has 0 atom stereocenters. The van der Waals surface area contributed by atoms with Gasteiger partial charge in [0, 0.05) is 37.8 Å². The summed E-state index contributed by atoms with van der Waals surface area (Å²) >= 11 is 0. The fourth-order valence-electron chi connectivity index (χ4n) is 3.88. The maximum absolute atomic E-state index is 13.5. The highest BCUT2D eigenvalue weighted by molar-refractivity contribution is 7.91. The molecule has 0 unspecified atom stereocenters. The second-order valence-electron chi connectivity index (χ2n) is 7.68. The average Bonchev–Trinajstić information content (AvgIpc) is 3.68. The number of carbonyl (C=O) groups is 2. The predicted molar refractivity (Wildman–Crippen MR) is 110 cm³/mol. The van der Waals surface area contributed by atoms with Gasteiger partial charge in [-0.2, -0.15) is 0 Å². The summed E-state index contributed by atoms with van der Waals surface area (Å²) in [6.07, 6.45) is 0. The lowest BCUT2D eigenvalue weighted by Crippen LogP contribution is -2.30. The first kappa shape index (κ1) is 20.8. The minimum Gasteiger partial charge on any atom is -0.363 e. The number of nitrogens with zero attached hydrogens (tertiary/aromatic N) is 4. The van der Waals surface area contributed by atoms with Gasteiger partial charge >= 0.3 is 0 Å². The van der Waals surface area contributed by atoms with E-state index in [0.29, 0.717) is 32.2 Å². The van der Waals surface area contributed by atoms with Crippen molar-refractivity contribution in [3.05, 3.63) is 79.1 Å². The first-order valence-electron chi connectivity index (χ1n) is 9.77. The summed E-state index contributed by atoms with van der Waals surface area (Å²) in [5.41, 5.74) is -1.73. The van der Waals surface area contributed by atoms with E-state index in [2.05, 4.69) is 0 Å². The number of allylic oxidation sites excluding steroid dienone is 2. The van der Waals surface area contributed by atoms with Gasteiger partial charge in [0.15, 0.2) is 0 Å². The highest BCUT2D eigenvalue weighted by atomic mass is 32.2. The zero-order valence-electron chi connectivity index (χ0n) is 16.8. The number of ketones is 2. The average molecular weight is 470 g/mol. The number of nitro groups is 2. The Hall–Kier alpha value is -4.13. The van der Waals surface area contributed by atoms with Crippen molar-refractivity contribution in [2.75, 3.05) is 26.2 Å². The molecule has 3 aliphatic rings. The smallest absolute Gasteiger partial charge is 0.295 e. The molecule has 0 bridgehead atoms. The van der Waals surface area contributed by atoms with Crippen LogP contribution in [0.2, 0.25) is 0 Å². The fourth-order valence-corrected chi connectivity index (χ4v) is 5.50. The quantitative estimate of drug-likeness (QED) is 0.344. The molecule has 0 radical (unpaired) electrons. The van der Waals surface area contributed by atoms with Crippen LogP contribution < -0.4 is 0 Å². The van der Waals surface area contributed by atoms with Crippen molar-refractivity contribution in [1.29, 1.82) is 0 Å². The lowest BCUT2D eigenvalue weighted by atomic mass is 9.90. The third kappa shape index (κ3) is 3.16. The number of carbonyl (C=O) groups excluding carboxylic acids is 2. The first-order valence-corrected chi connectivity index (χ1v) is 11.3. The van der Waals surface area contributed by atoms with Crippen molar-refractivity contribution in [2.45, 2.75) is 9.79 Å². The normalized spacial score (nSPS) is 17.2. The number of sulfone groups is 1. The molecule has 2 aromatic carbocycles. The SMILES string of the molecule is O=C1C(N2CC2)=C(N2CC2)C(=O)c2c1cccc2S(=O)(=O)c1ccc([N+](=O)[O-])cc1[N+](=O)[O-]. The molecule has 2 aliphatic heterocycles. The van der Waals surface area contributed by atoms with E-state index in [9.17, 15) is 38.2 Å². The molecule has 0 amide bonds. The highest BCUT2D eigenvalue weighted by Crippen LogP contribution is 2.40. The van der Waals surface area contributed by atoms with E-state index >= 15 is 0 Å². The Morgan fingerprint density at radius 2 is 1.39 bits per heavy atom. The van der Waals surface area contributed by atoms with Gasteiger partial charge in [0.1, 0.15) is 16.3 Å². The molecule has 2 fully saturated rings. The van der Waals surface area contributed by atoms with Crippen LogP contribution in [0.15, 0.2) is 57.6 Å². The molecule has 0 aromatic heterocycles. The number of nitro benzene ring substituents is 2. The molecule has 33 heavy (non-hydrogen) atoms. The Bertz CT molecular complexity index is 1440. The Kier molecular flexibility index (Phi) is 4.36. The van der Waals surface area contributed by atoms with E-state index in [4.69, 9.17) is 0 Å². The van der Waals surface area contributed by atoms with Crippen LogP contribution in [0.5, 0.6) is 0 Å². The van der Waals surface area contributed by atoms with Crippen LogP contribution in [0.1, 0.15) is 20.7 Å². The van der Waals surface area contributed by atoms with Crippen LogP contribution >= 0.6 is 0 Å². The van der Waals surface area contributed by atoms with Crippen molar-refractivity contribution in [2.24, 2.45) is 0 Å². The standard InChI is InChI=1S/C20H14N4O8S/c25-19-12-2-1-3-15(16(12)20(26)18(22-8-9-22)17(19)21-6-7-21)33(31,32)14-5-4-11(23(27)28)10-13(14)24(29)30/h1-5,10H,6-9H2. The number of non-ortho nitro benzene ring substituents is 1. The molecular formula is C20H14N4O8S. The largest absolute Gasteiger partial charge is 0.363 e. The molecule has 2 saturated heterocycles. The van der Waals surface area contributed by atoms with E-state index in [0.717, 1.165) is 18.2 Å². The van der Waals surface area contributed by atoms with Gasteiger partial charge in [-0.3, -0.25) is 29.8 Å². The lowest BCUT2D eigenvalue weighted by molar-refractivity contribution is -0.396. The molecule has 168 valence electrons. The summed E-state index contributed by atoms with van der Waals surface area (Å²) in [5, 5.41) is 22.5. The lowest BCUT2D eigenvalue weighted by Gasteiger charge is -2.24. The van der Waals surface area contributed by atoms with Crippen molar-refractivity contribution >= 4 is 32.8 Å². The summed E-state index contributed by atoms with van der Waals surface area (Å²) in [7, 11) is -4.70. The molecule has 0 saturated carbocycles. The van der Waals surface area contributed by atoms with E-state index in [1.165, 1.54) is 12.1 Å². The Balaban J connectivity index is 1.72. The third-order valence-corrected chi connectivity index (χ3v) is 7.45. The topological polar surface area (TPSA) is 161 Å². The zero-order chi connectivity index (χ0) is 23.7. The molecule has 13 heteroatoms. The molecule has 0 N–H and O–H groups in total. The Labute approximate surface area is 185 Å². The Morgan fingerprint density at radius 3 is 1.94 bits per heavy atom. The summed E-state index contributed by atoms with van der Waals surface area (Å²) < 4.78 is 27.0. The molecule has 12 nitrogen and oxygen atoms in total. The molecule has 5 rings (SSSR count). The van der Waals surface area contributed by atoms with E-state index in [1.807, 2.05) is 0 Å². The number of benzene rings is 2. The van der Waals surface area contributed by atoms with Gasteiger partial charge in [0.2, 0.25) is 21.4 Å². The summed E-state index contributed by atoms with van der Waals surface area (Å²) in [6.45, 7) is 2.30. The first-order chi connectivity index (χ1) is 15.6. The van der Waals surface area contributed by atoms with Crippen molar-refractivity contribution < 1.29 is 27.9 Å². The number of fused-ring (bicyclic) bond motifs is 1. The van der Waals surface area contributed by atoms with Gasteiger partial charge in [-0.25, -0.2) is 8.42 Å². The van der Waals surface area contributed by atoms with Crippen molar-refractivity contribution in [3.63, 3.8) is 0 Å². The molecule has 0 spiro atoms. The molecular weight excluding hydrogens is 456 g/mol. The van der Waals surface area contributed by atoms with Crippen molar-refractivity contribution in [3.8, 4) is 0 Å². The fraction of sp³-hybridized carbons (Fsp3) is 0.200. The monoisotopic (exact) mass is 470 g/mol. The predicted octanol–water partition coefficient (Wildman–Crippen LogP) is 1.56. The molecule has 2 heterocycles. The van der Waals surface area contributed by atoms with E-state index < -0.39 is 52.4 Å². The summed E-state index contributed by atoms with van der Waals surface area (Å²) in [4.78, 5) is 49.4. The molecule has 2 aromatic rings. The van der Waals surface area contributed by atoms with Crippen LogP contribution in [0.25, 0.3) is 0 Å². The van der Waals surface area contributed by atoms with E-state index in [-0.39, 0.29) is 22.5 Å².